The molecule has 3 nitrogen and oxygen atoms in total. The topological polar surface area (TPSA) is 38.5 Å². The smallest absolute Gasteiger partial charge is 0.0599 e. The van der Waals surface area contributed by atoms with Crippen molar-refractivity contribution in [2.45, 2.75) is 45.8 Å². The van der Waals surface area contributed by atoms with Crippen molar-refractivity contribution in [2.75, 3.05) is 26.2 Å². The lowest BCUT2D eigenvalue weighted by atomic mass is 10.0. The summed E-state index contributed by atoms with van der Waals surface area (Å²) in [4.78, 5) is 2.54. The first-order valence-electron chi connectivity index (χ1n) is 7.78. The molecule has 1 aliphatic rings. The minimum absolute atomic E-state index is 0.442. The summed E-state index contributed by atoms with van der Waals surface area (Å²) < 4.78 is 5.85. The maximum Gasteiger partial charge on any atom is 0.0599 e. The molecular weight excluding hydrogens is 248 g/mol. The van der Waals surface area contributed by atoms with Gasteiger partial charge in [0.25, 0.3) is 0 Å². The zero-order chi connectivity index (χ0) is 14.4. The van der Waals surface area contributed by atoms with E-state index in [1.54, 1.807) is 0 Å². The fourth-order valence-corrected chi connectivity index (χ4v) is 2.99. The molecule has 112 valence electrons. The monoisotopic (exact) mass is 276 g/mol. The lowest BCUT2D eigenvalue weighted by Gasteiger charge is -2.32. The van der Waals surface area contributed by atoms with Crippen LogP contribution in [0, 0.1) is 13.8 Å². The fraction of sp³-hybridized carbons (Fsp3) is 0.647. The maximum absolute atomic E-state index is 5.85. The third kappa shape index (κ3) is 4.89. The van der Waals surface area contributed by atoms with Gasteiger partial charge in [-0.2, -0.15) is 0 Å². The quantitative estimate of drug-likeness (QED) is 0.812. The summed E-state index contributed by atoms with van der Waals surface area (Å²) >= 11 is 0. The van der Waals surface area contributed by atoms with E-state index in [0.717, 1.165) is 52.0 Å². The summed E-state index contributed by atoms with van der Waals surface area (Å²) in [6.07, 6.45) is 3.71. The highest BCUT2D eigenvalue weighted by atomic mass is 16.5. The Balaban J connectivity index is 1.76. The van der Waals surface area contributed by atoms with Crippen LogP contribution in [-0.2, 0) is 11.3 Å². The van der Waals surface area contributed by atoms with Gasteiger partial charge in [0.2, 0.25) is 0 Å². The van der Waals surface area contributed by atoms with Crippen LogP contribution in [0.4, 0.5) is 0 Å². The number of hydrogen-bond acceptors (Lipinski definition) is 3. The first-order chi connectivity index (χ1) is 9.67. The van der Waals surface area contributed by atoms with E-state index >= 15 is 0 Å². The molecule has 0 aliphatic carbocycles. The highest BCUT2D eigenvalue weighted by Gasteiger charge is 2.19. The van der Waals surface area contributed by atoms with Gasteiger partial charge in [0.1, 0.15) is 0 Å². The lowest BCUT2D eigenvalue weighted by molar-refractivity contribution is 0.00563. The van der Waals surface area contributed by atoms with Gasteiger partial charge in [-0.1, -0.05) is 29.3 Å². The van der Waals surface area contributed by atoms with Gasteiger partial charge in [-0.25, -0.2) is 0 Å². The molecule has 20 heavy (non-hydrogen) atoms. The van der Waals surface area contributed by atoms with Crippen LogP contribution in [-0.4, -0.2) is 37.2 Å². The number of piperidine rings is 1. The van der Waals surface area contributed by atoms with Crippen LogP contribution in [0.3, 0.4) is 0 Å². The van der Waals surface area contributed by atoms with Crippen molar-refractivity contribution < 1.29 is 4.74 Å². The molecule has 2 rings (SSSR count). The third-order valence-corrected chi connectivity index (χ3v) is 3.92. The zero-order valence-electron chi connectivity index (χ0n) is 12.9. The minimum atomic E-state index is 0.442. The number of nitrogens with zero attached hydrogens (tertiary/aromatic N) is 1. The van der Waals surface area contributed by atoms with Gasteiger partial charge in [-0.15, -0.1) is 0 Å². The second-order valence-corrected chi connectivity index (χ2v) is 5.98. The summed E-state index contributed by atoms with van der Waals surface area (Å²) in [6, 6.07) is 6.84. The number of aryl methyl sites for hydroxylation is 2. The Morgan fingerprint density at radius 1 is 1.15 bits per heavy atom. The molecule has 0 atom stereocenters. The normalized spacial score (nSPS) is 17.6. The van der Waals surface area contributed by atoms with Gasteiger partial charge in [-0.05, 0) is 45.2 Å². The summed E-state index contributed by atoms with van der Waals surface area (Å²) in [7, 11) is 0. The maximum atomic E-state index is 5.85. The molecule has 0 bridgehead atoms. The van der Waals surface area contributed by atoms with Crippen LogP contribution in [0.1, 0.15) is 36.0 Å². The molecule has 1 aliphatic heterocycles. The molecule has 0 aromatic heterocycles. The Hall–Kier alpha value is -0.900. The molecule has 1 fully saturated rings. The molecule has 1 aromatic rings. The van der Waals surface area contributed by atoms with Gasteiger partial charge in [0.15, 0.2) is 0 Å². The van der Waals surface area contributed by atoms with Gasteiger partial charge in [0.05, 0.1) is 6.10 Å². The number of hydrogen-bond donors (Lipinski definition) is 1. The van der Waals surface area contributed by atoms with Crippen LogP contribution in [0.2, 0.25) is 0 Å². The van der Waals surface area contributed by atoms with E-state index in [4.69, 9.17) is 10.5 Å². The average Bonchev–Trinajstić information content (AvgIpc) is 2.40. The summed E-state index contributed by atoms with van der Waals surface area (Å²) in [5.41, 5.74) is 9.65. The summed E-state index contributed by atoms with van der Waals surface area (Å²) in [6.45, 7) is 9.24. The molecule has 3 heteroatoms. The Bertz CT molecular complexity index is 391. The lowest BCUT2D eigenvalue weighted by Crippen LogP contribution is -2.36. The number of ether oxygens (including phenoxy) is 1. The standard InChI is InChI=1S/C17H28N2O/c1-14-10-15(2)12-16(11-14)13-19-7-4-17(5-8-19)20-9-3-6-18/h10-12,17H,3-9,13,18H2,1-2H3. The largest absolute Gasteiger partial charge is 0.378 e. The van der Waals surface area contributed by atoms with Crippen molar-refractivity contribution in [1.29, 1.82) is 0 Å². The van der Waals surface area contributed by atoms with Crippen LogP contribution in [0.25, 0.3) is 0 Å². The molecule has 0 radical (unpaired) electrons. The van der Waals surface area contributed by atoms with E-state index in [1.807, 2.05) is 0 Å². The van der Waals surface area contributed by atoms with E-state index in [0.29, 0.717) is 6.10 Å². The fourth-order valence-electron chi connectivity index (χ4n) is 2.99. The van der Waals surface area contributed by atoms with Crippen LogP contribution >= 0.6 is 0 Å². The molecule has 1 saturated heterocycles. The van der Waals surface area contributed by atoms with Crippen molar-refractivity contribution in [1.82, 2.24) is 4.90 Å². The number of likely N-dealkylation sites (tertiary alicyclic amines) is 1. The minimum Gasteiger partial charge on any atom is -0.378 e. The van der Waals surface area contributed by atoms with E-state index in [2.05, 4.69) is 36.9 Å². The molecular formula is C17H28N2O. The van der Waals surface area contributed by atoms with Crippen LogP contribution in [0.15, 0.2) is 18.2 Å². The highest BCUT2D eigenvalue weighted by molar-refractivity contribution is 5.28. The van der Waals surface area contributed by atoms with Gasteiger partial charge < -0.3 is 10.5 Å². The molecule has 1 aromatic carbocycles. The second-order valence-electron chi connectivity index (χ2n) is 5.98. The Kier molecular flexibility index (Phi) is 6.02. The SMILES string of the molecule is Cc1cc(C)cc(CN2CCC(OCCCN)CC2)c1. The second kappa shape index (κ2) is 7.77. The number of benzene rings is 1. The molecule has 0 amide bonds. The van der Waals surface area contributed by atoms with E-state index in [-0.39, 0.29) is 0 Å². The predicted octanol–water partition coefficient (Wildman–Crippen LogP) is 2.63. The van der Waals surface area contributed by atoms with Crippen molar-refractivity contribution in [3.63, 3.8) is 0 Å². The van der Waals surface area contributed by atoms with E-state index in [9.17, 15) is 0 Å². The number of nitrogens with two attached hydrogens (primary N) is 1. The highest BCUT2D eigenvalue weighted by Crippen LogP contribution is 2.17. The third-order valence-electron chi connectivity index (χ3n) is 3.92. The van der Waals surface area contributed by atoms with E-state index in [1.165, 1.54) is 16.7 Å². The molecule has 0 saturated carbocycles. The van der Waals surface area contributed by atoms with Crippen molar-refractivity contribution in [2.24, 2.45) is 5.73 Å². The summed E-state index contributed by atoms with van der Waals surface area (Å²) in [5, 5.41) is 0. The first-order valence-corrected chi connectivity index (χ1v) is 7.78. The van der Waals surface area contributed by atoms with Gasteiger partial charge >= 0.3 is 0 Å². The zero-order valence-corrected chi connectivity index (χ0v) is 12.9. The van der Waals surface area contributed by atoms with E-state index < -0.39 is 0 Å². The van der Waals surface area contributed by atoms with Crippen LogP contribution < -0.4 is 5.73 Å². The van der Waals surface area contributed by atoms with Crippen molar-refractivity contribution >= 4 is 0 Å². The Morgan fingerprint density at radius 2 is 1.80 bits per heavy atom. The van der Waals surface area contributed by atoms with Gasteiger partial charge in [-0.3, -0.25) is 4.90 Å². The Labute approximate surface area is 123 Å². The predicted molar refractivity (Wildman–Crippen MR) is 83.8 cm³/mol. The molecule has 2 N–H and O–H groups in total. The molecule has 1 heterocycles. The van der Waals surface area contributed by atoms with Crippen molar-refractivity contribution in [3.8, 4) is 0 Å². The van der Waals surface area contributed by atoms with Gasteiger partial charge in [0, 0.05) is 26.2 Å². The first kappa shape index (κ1) is 15.5. The average molecular weight is 276 g/mol. The Morgan fingerprint density at radius 3 is 2.40 bits per heavy atom. The summed E-state index contributed by atoms with van der Waals surface area (Å²) in [5.74, 6) is 0. The molecule has 0 spiro atoms. The van der Waals surface area contributed by atoms with Crippen LogP contribution in [0.5, 0.6) is 0 Å². The van der Waals surface area contributed by atoms with Crippen molar-refractivity contribution in [3.05, 3.63) is 34.9 Å². The number of rotatable bonds is 6. The molecule has 0 unspecified atom stereocenters.